The van der Waals surface area contributed by atoms with Gasteiger partial charge in [0.25, 0.3) is 0 Å². The zero-order valence-electron chi connectivity index (χ0n) is 35.1. The molecular weight excluding hydrogens is 753 g/mol. The lowest BCUT2D eigenvalue weighted by Crippen LogP contribution is -2.29. The summed E-state index contributed by atoms with van der Waals surface area (Å²) < 4.78 is 32.6. The predicted molar refractivity (Wildman–Crippen MR) is 239 cm³/mol. The molecule has 324 valence electrons. The van der Waals surface area contributed by atoms with Crippen molar-refractivity contribution in [1.29, 1.82) is 0 Å². The number of aliphatic hydroxyl groups is 1. The highest BCUT2D eigenvalue weighted by molar-refractivity contribution is 7.47. The molecule has 58 heavy (non-hydrogen) atoms. The van der Waals surface area contributed by atoms with Crippen LogP contribution in [0, 0.1) is 0 Å². The van der Waals surface area contributed by atoms with Crippen molar-refractivity contribution in [1.82, 2.24) is 0 Å². The van der Waals surface area contributed by atoms with Crippen molar-refractivity contribution in [3.8, 4) is 0 Å². The standard InChI is InChI=1S/C47H72NO9P/c1-3-5-7-8-9-10-11-12-13-14-15-18-22-25-28-31-35-39-47(51)57-45(43-56-58(52,53)55-41-40-48)42-54-46(50)38-34-30-27-24-21-19-16-17-20-23-26-29-33-37-44(49)36-32-6-4-2/h5-7,9-10,12-13,15,17-21,25-30,32-33,37,44-45,49H,3-4,8,11,14,16,22-24,31,34-36,38-43,48H2,1-2H3,(H,52,53)/b7-5-,10-9-,13-12-,18-15-,20-17-,21-19-,28-25-,29-26+,30-27-,32-6-,37-33+/t44?,45-/m1/s1. The predicted octanol–water partition coefficient (Wildman–Crippen LogP) is 10.9. The minimum atomic E-state index is -4.43. The van der Waals surface area contributed by atoms with Gasteiger partial charge in [-0.25, -0.2) is 4.57 Å². The van der Waals surface area contributed by atoms with E-state index in [1.807, 2.05) is 60.8 Å². The number of rotatable bonds is 36. The van der Waals surface area contributed by atoms with Crippen LogP contribution in [0.3, 0.4) is 0 Å². The summed E-state index contributed by atoms with van der Waals surface area (Å²) in [6, 6.07) is 0. The molecule has 10 nitrogen and oxygen atoms in total. The van der Waals surface area contributed by atoms with Gasteiger partial charge in [-0.3, -0.25) is 18.6 Å². The molecule has 0 saturated carbocycles. The normalized spacial score (nSPS) is 15.2. The second-order valence-corrected chi connectivity index (χ2v) is 14.4. The maximum Gasteiger partial charge on any atom is 0.472 e. The summed E-state index contributed by atoms with van der Waals surface area (Å²) in [5.74, 6) is -1.03. The summed E-state index contributed by atoms with van der Waals surface area (Å²) in [5.41, 5.74) is 5.33. The molecule has 0 spiro atoms. The van der Waals surface area contributed by atoms with Crippen LogP contribution in [0.1, 0.15) is 110 Å². The van der Waals surface area contributed by atoms with Crippen molar-refractivity contribution < 1.29 is 42.7 Å². The second kappa shape index (κ2) is 41.3. The van der Waals surface area contributed by atoms with Gasteiger partial charge < -0.3 is 25.2 Å². The first kappa shape index (κ1) is 54.1. The molecule has 0 aromatic heterocycles. The molecule has 0 aliphatic carbocycles. The second-order valence-electron chi connectivity index (χ2n) is 12.9. The largest absolute Gasteiger partial charge is 0.472 e. The van der Waals surface area contributed by atoms with E-state index >= 15 is 0 Å². The van der Waals surface area contributed by atoms with Gasteiger partial charge >= 0.3 is 19.8 Å². The van der Waals surface area contributed by atoms with E-state index < -0.39 is 38.6 Å². The minimum Gasteiger partial charge on any atom is -0.462 e. The average Bonchev–Trinajstić information content (AvgIpc) is 3.20. The quantitative estimate of drug-likeness (QED) is 0.0183. The van der Waals surface area contributed by atoms with Crippen LogP contribution in [0.4, 0.5) is 0 Å². The number of allylic oxidation sites excluding steroid dienone is 20. The van der Waals surface area contributed by atoms with Crippen LogP contribution < -0.4 is 5.73 Å². The lowest BCUT2D eigenvalue weighted by molar-refractivity contribution is -0.161. The Bertz CT molecular complexity index is 1420. The van der Waals surface area contributed by atoms with Crippen molar-refractivity contribution in [3.05, 3.63) is 134 Å². The van der Waals surface area contributed by atoms with Crippen LogP contribution in [0.25, 0.3) is 0 Å². The Labute approximate surface area is 349 Å². The van der Waals surface area contributed by atoms with Gasteiger partial charge in [0.2, 0.25) is 0 Å². The maximum atomic E-state index is 12.5. The van der Waals surface area contributed by atoms with Crippen LogP contribution in [0.5, 0.6) is 0 Å². The van der Waals surface area contributed by atoms with Gasteiger partial charge in [-0.2, -0.15) is 0 Å². The summed E-state index contributed by atoms with van der Waals surface area (Å²) in [5, 5.41) is 9.83. The van der Waals surface area contributed by atoms with Crippen molar-refractivity contribution in [2.24, 2.45) is 5.73 Å². The van der Waals surface area contributed by atoms with Gasteiger partial charge in [0.1, 0.15) is 6.61 Å². The van der Waals surface area contributed by atoms with Gasteiger partial charge in [-0.1, -0.05) is 148 Å². The van der Waals surface area contributed by atoms with Gasteiger partial charge in [0.05, 0.1) is 19.3 Å². The molecule has 3 atom stereocenters. The summed E-state index contributed by atoms with van der Waals surface area (Å²) in [4.78, 5) is 34.8. The Morgan fingerprint density at radius 2 is 1.10 bits per heavy atom. The van der Waals surface area contributed by atoms with Crippen molar-refractivity contribution in [3.63, 3.8) is 0 Å². The first-order valence-electron chi connectivity index (χ1n) is 20.8. The van der Waals surface area contributed by atoms with Crippen LogP contribution in [0.2, 0.25) is 0 Å². The summed E-state index contributed by atoms with van der Waals surface area (Å²) in [7, 11) is -4.43. The first-order valence-corrected chi connectivity index (χ1v) is 22.3. The van der Waals surface area contributed by atoms with Crippen LogP contribution >= 0.6 is 7.82 Å². The number of hydrogen-bond donors (Lipinski definition) is 3. The molecule has 0 aliphatic heterocycles. The van der Waals surface area contributed by atoms with Crippen LogP contribution in [-0.2, 0) is 32.7 Å². The Morgan fingerprint density at radius 1 is 0.603 bits per heavy atom. The van der Waals surface area contributed by atoms with E-state index in [0.717, 1.165) is 57.8 Å². The Balaban J connectivity index is 4.47. The Kier molecular flexibility index (Phi) is 38.5. The third kappa shape index (κ3) is 40.3. The molecule has 0 rings (SSSR count). The molecule has 2 unspecified atom stereocenters. The highest BCUT2D eigenvalue weighted by atomic mass is 31.2. The zero-order chi connectivity index (χ0) is 42.6. The number of unbranched alkanes of at least 4 members (excludes halogenated alkanes) is 1. The lowest BCUT2D eigenvalue weighted by atomic mass is 10.2. The Morgan fingerprint density at radius 3 is 1.66 bits per heavy atom. The monoisotopic (exact) mass is 825 g/mol. The number of carbonyl (C=O) groups is 2. The molecule has 0 amide bonds. The van der Waals surface area contributed by atoms with Gasteiger partial charge in [0.15, 0.2) is 6.10 Å². The summed E-state index contributed by atoms with van der Waals surface area (Å²) in [6.45, 7) is 3.20. The smallest absolute Gasteiger partial charge is 0.462 e. The number of aliphatic hydroxyl groups excluding tert-OH is 1. The zero-order valence-corrected chi connectivity index (χ0v) is 36.0. The highest BCUT2D eigenvalue weighted by Crippen LogP contribution is 2.43. The maximum absolute atomic E-state index is 12.5. The van der Waals surface area contributed by atoms with Gasteiger partial charge in [0, 0.05) is 19.4 Å². The van der Waals surface area contributed by atoms with E-state index in [9.17, 15) is 24.2 Å². The van der Waals surface area contributed by atoms with E-state index in [0.29, 0.717) is 25.7 Å². The molecule has 0 heterocycles. The molecule has 0 aromatic carbocycles. The molecule has 0 aromatic rings. The van der Waals surface area contributed by atoms with Crippen molar-refractivity contribution in [2.45, 2.75) is 122 Å². The van der Waals surface area contributed by atoms with E-state index in [2.05, 4.69) is 80.7 Å². The third-order valence-corrected chi connectivity index (χ3v) is 8.61. The summed E-state index contributed by atoms with van der Waals surface area (Å²) >= 11 is 0. The molecule has 0 radical (unpaired) electrons. The van der Waals surface area contributed by atoms with Crippen molar-refractivity contribution >= 4 is 19.8 Å². The molecule has 0 bridgehead atoms. The van der Waals surface area contributed by atoms with E-state index in [-0.39, 0.29) is 32.6 Å². The third-order valence-electron chi connectivity index (χ3n) is 7.63. The van der Waals surface area contributed by atoms with E-state index in [1.165, 1.54) is 0 Å². The molecular formula is C47H72NO9P. The Hall–Kier alpha value is -3.89. The number of ether oxygens (including phenoxy) is 2. The van der Waals surface area contributed by atoms with Crippen LogP contribution in [-0.4, -0.2) is 60.5 Å². The number of phosphoric ester groups is 1. The topological polar surface area (TPSA) is 155 Å². The minimum absolute atomic E-state index is 0.0203. The highest BCUT2D eigenvalue weighted by Gasteiger charge is 2.25. The molecule has 0 saturated heterocycles. The van der Waals surface area contributed by atoms with Crippen molar-refractivity contribution in [2.75, 3.05) is 26.4 Å². The SMILES string of the molecule is CC/C=C\C/C=C\C/C=C\C/C=C\C/C=C\CCCC(=O)O[C@H](COC(=O)CC/C=C\C/C=C\C/C=C\C/C=C/C=C/C(O)C/C=C\CC)COP(=O)(O)OCCN. The fraction of sp³-hybridized carbons (Fsp3) is 0.489. The van der Waals surface area contributed by atoms with Crippen LogP contribution in [0.15, 0.2) is 134 Å². The summed E-state index contributed by atoms with van der Waals surface area (Å²) in [6.07, 6.45) is 54.1. The fourth-order valence-electron chi connectivity index (χ4n) is 4.60. The molecule has 11 heteroatoms. The fourth-order valence-corrected chi connectivity index (χ4v) is 5.37. The van der Waals surface area contributed by atoms with E-state index in [1.54, 1.807) is 6.08 Å². The molecule has 0 fully saturated rings. The number of nitrogens with two attached hydrogens (primary N) is 1. The van der Waals surface area contributed by atoms with Gasteiger partial charge in [-0.05, 0) is 83.5 Å². The number of carbonyl (C=O) groups excluding carboxylic acids is 2. The molecule has 4 N–H and O–H groups in total. The first-order chi connectivity index (χ1) is 28.2. The van der Waals surface area contributed by atoms with Gasteiger partial charge in [-0.15, -0.1) is 0 Å². The lowest BCUT2D eigenvalue weighted by Gasteiger charge is -2.19. The number of hydrogen-bond acceptors (Lipinski definition) is 9. The number of esters is 2. The number of phosphoric acid groups is 1. The average molecular weight is 826 g/mol. The molecule has 0 aliphatic rings. The van der Waals surface area contributed by atoms with E-state index in [4.69, 9.17) is 24.3 Å².